The molecule has 0 saturated carbocycles. The molecule has 0 bridgehead atoms. The van der Waals surface area contributed by atoms with Gasteiger partial charge in [0.2, 0.25) is 0 Å². The Bertz CT molecular complexity index is 815. The van der Waals surface area contributed by atoms with Gasteiger partial charge in [-0.1, -0.05) is 18.2 Å². The number of hydrogen-bond donors (Lipinski definition) is 2. The lowest BCUT2D eigenvalue weighted by Gasteiger charge is -2.12. The van der Waals surface area contributed by atoms with Gasteiger partial charge in [0, 0.05) is 5.38 Å². The normalized spacial score (nSPS) is 12.0. The van der Waals surface area contributed by atoms with Gasteiger partial charge < -0.3 is 9.84 Å². The number of nitrogens with one attached hydrogen (secondary N) is 1. The van der Waals surface area contributed by atoms with Crippen LogP contribution in [0.5, 0.6) is 5.75 Å². The van der Waals surface area contributed by atoms with Gasteiger partial charge in [0.05, 0.1) is 4.90 Å². The van der Waals surface area contributed by atoms with Gasteiger partial charge in [-0.15, -0.1) is 24.5 Å². The van der Waals surface area contributed by atoms with E-state index < -0.39 is 38.7 Å². The Kier molecular flexibility index (Phi) is 4.52. The lowest BCUT2D eigenvalue weighted by Crippen LogP contribution is -2.20. The minimum absolute atomic E-state index is 0.236. The first kappa shape index (κ1) is 17.1. The van der Waals surface area contributed by atoms with E-state index in [0.29, 0.717) is 11.3 Å². The van der Waals surface area contributed by atoms with Gasteiger partial charge in [0.25, 0.3) is 10.0 Å². The minimum Gasteiger partial charge on any atom is -0.477 e. The van der Waals surface area contributed by atoms with Crippen LogP contribution in [0.2, 0.25) is 0 Å². The number of aromatic carboxylic acids is 1. The third kappa shape index (κ3) is 4.13. The van der Waals surface area contributed by atoms with Crippen molar-refractivity contribution < 1.29 is 36.2 Å². The monoisotopic (exact) mass is 367 g/mol. The molecule has 23 heavy (non-hydrogen) atoms. The fraction of sp³-hybridized carbons (Fsp3) is 0.0833. The molecule has 0 aliphatic rings. The molecule has 0 amide bonds. The first-order valence-corrected chi connectivity index (χ1v) is 8.15. The summed E-state index contributed by atoms with van der Waals surface area (Å²) < 4.78 is 66.8. The van der Waals surface area contributed by atoms with E-state index in [2.05, 4.69) is 4.74 Å². The van der Waals surface area contributed by atoms with Crippen LogP contribution in [0, 0.1) is 0 Å². The Labute approximate surface area is 132 Å². The molecule has 0 spiro atoms. The summed E-state index contributed by atoms with van der Waals surface area (Å²) in [5.74, 6) is -2.52. The van der Waals surface area contributed by atoms with Gasteiger partial charge in [0.1, 0.15) is 10.6 Å². The smallest absolute Gasteiger partial charge is 0.477 e. The molecule has 0 atom stereocenters. The zero-order valence-electron chi connectivity index (χ0n) is 11.0. The summed E-state index contributed by atoms with van der Waals surface area (Å²) in [5.41, 5.74) is -0.774. The average molecular weight is 367 g/mol. The zero-order valence-corrected chi connectivity index (χ0v) is 12.6. The van der Waals surface area contributed by atoms with Crippen molar-refractivity contribution in [2.24, 2.45) is 0 Å². The van der Waals surface area contributed by atoms with Gasteiger partial charge >= 0.3 is 12.3 Å². The Morgan fingerprint density at radius 3 is 2.35 bits per heavy atom. The molecule has 6 nitrogen and oxygen atoms in total. The quantitative estimate of drug-likeness (QED) is 0.847. The second kappa shape index (κ2) is 6.08. The molecule has 1 aromatic heterocycles. The van der Waals surface area contributed by atoms with Crippen LogP contribution in [0.25, 0.3) is 0 Å². The lowest BCUT2D eigenvalue weighted by molar-refractivity contribution is -0.274. The summed E-state index contributed by atoms with van der Waals surface area (Å²) in [7, 11) is -4.27. The second-order valence-corrected chi connectivity index (χ2v) is 6.64. The number of sulfonamides is 1. The molecule has 1 heterocycles. The highest BCUT2D eigenvalue weighted by atomic mass is 32.2. The number of carbonyl (C=O) groups is 1. The Hall–Kier alpha value is -2.27. The molecule has 1 aromatic carbocycles. The molecule has 2 N–H and O–H groups in total. The maximum atomic E-state index is 12.3. The van der Waals surface area contributed by atoms with Gasteiger partial charge in [-0.05, 0) is 12.1 Å². The molecule has 0 radical (unpaired) electrons. The lowest BCUT2D eigenvalue weighted by atomic mass is 10.4. The van der Waals surface area contributed by atoms with Crippen LogP contribution in [0.3, 0.4) is 0 Å². The van der Waals surface area contributed by atoms with Gasteiger partial charge in [-0.2, -0.15) is 0 Å². The minimum atomic E-state index is -5.09. The topological polar surface area (TPSA) is 92.7 Å². The molecule has 0 saturated heterocycles. The molecule has 0 fully saturated rings. The summed E-state index contributed by atoms with van der Waals surface area (Å²) in [4.78, 5) is 10.2. The van der Waals surface area contributed by atoms with E-state index in [1.54, 1.807) is 6.07 Å². The summed E-state index contributed by atoms with van der Waals surface area (Å²) in [5, 5.41) is 9.75. The first-order chi connectivity index (χ1) is 10.6. The molecule has 0 aliphatic heterocycles. The van der Waals surface area contributed by atoms with Crippen LogP contribution in [0.15, 0.2) is 40.6 Å². The van der Waals surface area contributed by atoms with Crippen LogP contribution in [0.1, 0.15) is 9.67 Å². The summed E-state index contributed by atoms with van der Waals surface area (Å²) in [6, 6.07) is 6.78. The molecule has 2 aromatic rings. The number of ether oxygens (including phenoxy) is 1. The molecule has 124 valence electrons. The molecule has 0 aliphatic carbocycles. The Morgan fingerprint density at radius 2 is 1.83 bits per heavy atom. The van der Waals surface area contributed by atoms with Crippen LogP contribution in [-0.2, 0) is 10.0 Å². The Morgan fingerprint density at radius 1 is 1.22 bits per heavy atom. The molecule has 0 unspecified atom stereocenters. The maximum absolute atomic E-state index is 12.3. The van der Waals surface area contributed by atoms with Crippen molar-refractivity contribution in [3.05, 3.63) is 40.6 Å². The molecular weight excluding hydrogens is 359 g/mol. The van der Waals surface area contributed by atoms with E-state index in [4.69, 9.17) is 5.11 Å². The van der Waals surface area contributed by atoms with E-state index in [1.807, 2.05) is 4.72 Å². The van der Waals surface area contributed by atoms with Crippen molar-refractivity contribution >= 4 is 33.0 Å². The van der Waals surface area contributed by atoms with Crippen molar-refractivity contribution in [3.8, 4) is 5.75 Å². The number of benzene rings is 1. The van der Waals surface area contributed by atoms with Gasteiger partial charge in [-0.25, -0.2) is 13.2 Å². The molecular formula is C12H8F3NO5S2. The summed E-state index contributed by atoms with van der Waals surface area (Å²) in [6.45, 7) is 0. The number of anilines is 1. The SMILES string of the molecule is O=C(O)c1scc(OC(F)(F)F)c1NS(=O)(=O)c1ccccc1. The number of carboxylic acids is 1. The highest BCUT2D eigenvalue weighted by molar-refractivity contribution is 7.92. The second-order valence-electron chi connectivity index (χ2n) is 4.08. The first-order valence-electron chi connectivity index (χ1n) is 5.78. The fourth-order valence-corrected chi connectivity index (χ4v) is 3.52. The van der Waals surface area contributed by atoms with Crippen molar-refractivity contribution in [1.29, 1.82) is 0 Å². The molecule has 2 rings (SSSR count). The predicted octanol–water partition coefficient (Wildman–Crippen LogP) is 3.15. The van der Waals surface area contributed by atoms with Crippen LogP contribution in [-0.4, -0.2) is 25.9 Å². The zero-order chi connectivity index (χ0) is 17.3. The number of rotatable bonds is 5. The van der Waals surface area contributed by atoms with E-state index in [0.717, 1.165) is 5.38 Å². The number of alkyl halides is 3. The van der Waals surface area contributed by atoms with Crippen molar-refractivity contribution in [3.63, 3.8) is 0 Å². The highest BCUT2D eigenvalue weighted by Gasteiger charge is 2.35. The third-order valence-electron chi connectivity index (χ3n) is 2.47. The van der Waals surface area contributed by atoms with Crippen LogP contribution in [0.4, 0.5) is 18.9 Å². The average Bonchev–Trinajstić information content (AvgIpc) is 2.80. The van der Waals surface area contributed by atoms with Crippen LogP contribution >= 0.6 is 11.3 Å². The predicted molar refractivity (Wildman–Crippen MR) is 75.2 cm³/mol. The van der Waals surface area contributed by atoms with Gasteiger partial charge in [-0.3, -0.25) is 4.72 Å². The van der Waals surface area contributed by atoms with E-state index in [9.17, 15) is 26.4 Å². The number of halogens is 3. The van der Waals surface area contributed by atoms with E-state index >= 15 is 0 Å². The number of thiophene rings is 1. The summed E-state index contributed by atoms with van der Waals surface area (Å²) in [6.07, 6.45) is -5.09. The highest BCUT2D eigenvalue weighted by Crippen LogP contribution is 2.39. The van der Waals surface area contributed by atoms with E-state index in [-0.39, 0.29) is 4.90 Å². The summed E-state index contributed by atoms with van der Waals surface area (Å²) >= 11 is 0.409. The van der Waals surface area contributed by atoms with Crippen LogP contribution < -0.4 is 9.46 Å². The van der Waals surface area contributed by atoms with Crippen molar-refractivity contribution in [1.82, 2.24) is 0 Å². The fourth-order valence-electron chi connectivity index (χ4n) is 1.59. The maximum Gasteiger partial charge on any atom is 0.573 e. The van der Waals surface area contributed by atoms with Gasteiger partial charge in [0.15, 0.2) is 5.75 Å². The largest absolute Gasteiger partial charge is 0.573 e. The van der Waals surface area contributed by atoms with Crippen molar-refractivity contribution in [2.45, 2.75) is 11.3 Å². The Balaban J connectivity index is 2.45. The molecule has 11 heteroatoms. The number of hydrogen-bond acceptors (Lipinski definition) is 5. The third-order valence-corrected chi connectivity index (χ3v) is 4.78. The number of carboxylic acid groups (broad SMARTS) is 1. The van der Waals surface area contributed by atoms with E-state index in [1.165, 1.54) is 24.3 Å². The standard InChI is InChI=1S/C12H8F3NO5S2/c13-12(14,15)21-8-6-22-10(11(17)18)9(8)16-23(19,20)7-4-2-1-3-5-7/h1-6,16H,(H,17,18). The van der Waals surface area contributed by atoms with Crippen molar-refractivity contribution in [2.75, 3.05) is 4.72 Å².